The lowest BCUT2D eigenvalue weighted by Crippen LogP contribution is -2.22. The second-order valence-electron chi connectivity index (χ2n) is 6.87. The van der Waals surface area contributed by atoms with Crippen LogP contribution < -0.4 is 24.3 Å². The quantitative estimate of drug-likeness (QED) is 0.370. The van der Waals surface area contributed by atoms with Crippen LogP contribution in [0.1, 0.15) is 23.6 Å². The van der Waals surface area contributed by atoms with Crippen LogP contribution in [0.25, 0.3) is 22.1 Å². The van der Waals surface area contributed by atoms with E-state index in [0.29, 0.717) is 26.6 Å². The molecule has 2 heterocycles. The highest BCUT2D eigenvalue weighted by Gasteiger charge is 2.17. The van der Waals surface area contributed by atoms with Gasteiger partial charge in [0, 0.05) is 6.92 Å². The molecule has 0 spiro atoms. The van der Waals surface area contributed by atoms with E-state index in [1.165, 1.54) is 32.5 Å². The fourth-order valence-electron chi connectivity index (χ4n) is 3.34. The number of nitrogens with zero attached hydrogens (tertiary/aromatic N) is 2. The van der Waals surface area contributed by atoms with Gasteiger partial charge in [-0.1, -0.05) is 17.4 Å². The van der Waals surface area contributed by atoms with Gasteiger partial charge in [-0.05, 0) is 54.8 Å². The zero-order chi connectivity index (χ0) is 21.6. The number of carbonyl (C=O) groups excluding carboxylic acids is 1. The number of esters is 1. The molecule has 0 aliphatic rings. The summed E-state index contributed by atoms with van der Waals surface area (Å²) < 4.78 is 18.1. The van der Waals surface area contributed by atoms with E-state index >= 15 is 0 Å². The van der Waals surface area contributed by atoms with Gasteiger partial charge in [0.05, 0.1) is 29.8 Å². The van der Waals surface area contributed by atoms with Gasteiger partial charge in [-0.3, -0.25) is 9.59 Å². The van der Waals surface area contributed by atoms with Crippen molar-refractivity contribution in [1.82, 2.24) is 9.38 Å². The fourth-order valence-corrected chi connectivity index (χ4v) is 4.32. The summed E-state index contributed by atoms with van der Waals surface area (Å²) in [6.07, 6.45) is 1.75. The van der Waals surface area contributed by atoms with Crippen LogP contribution in [0.2, 0.25) is 0 Å². The van der Waals surface area contributed by atoms with Gasteiger partial charge >= 0.3 is 5.97 Å². The highest BCUT2D eigenvalue weighted by molar-refractivity contribution is 7.15. The highest BCUT2D eigenvalue weighted by Crippen LogP contribution is 2.39. The molecule has 0 fully saturated rings. The van der Waals surface area contributed by atoms with Crippen molar-refractivity contribution in [2.45, 2.75) is 20.8 Å². The molecule has 2 aromatic carbocycles. The number of methoxy groups -OCH3 is 2. The second-order valence-corrected chi connectivity index (χ2v) is 7.88. The van der Waals surface area contributed by atoms with E-state index in [-0.39, 0.29) is 11.3 Å². The van der Waals surface area contributed by atoms with Crippen molar-refractivity contribution < 1.29 is 19.0 Å². The summed E-state index contributed by atoms with van der Waals surface area (Å²) in [7, 11) is 2.94. The SMILES string of the molecule is COc1cc(C=c2sc3nc4c(C)c(C)ccc4n3c2=O)cc(OC)c1OC(C)=O. The minimum atomic E-state index is -0.484. The summed E-state index contributed by atoms with van der Waals surface area (Å²) >= 11 is 1.32. The Morgan fingerprint density at radius 3 is 2.40 bits per heavy atom. The number of aromatic nitrogens is 2. The van der Waals surface area contributed by atoms with Gasteiger partial charge < -0.3 is 14.2 Å². The number of imidazole rings is 1. The van der Waals surface area contributed by atoms with Gasteiger partial charge in [0.1, 0.15) is 0 Å². The largest absolute Gasteiger partial charge is 0.493 e. The van der Waals surface area contributed by atoms with Crippen LogP contribution in [0.15, 0.2) is 29.1 Å². The van der Waals surface area contributed by atoms with E-state index in [2.05, 4.69) is 4.98 Å². The standard InChI is InChI=1S/C22H20N2O5S/c1-11-6-7-15-19(12(11)2)23-22-24(15)21(26)18(30-22)10-14-8-16(27-4)20(29-13(3)25)17(9-14)28-5/h6-10H,1-5H3. The number of carbonyl (C=O) groups is 1. The molecule has 0 amide bonds. The zero-order valence-electron chi connectivity index (χ0n) is 17.2. The van der Waals surface area contributed by atoms with Gasteiger partial charge in [-0.2, -0.15) is 0 Å². The fraction of sp³-hybridized carbons (Fsp3) is 0.227. The van der Waals surface area contributed by atoms with Crippen LogP contribution >= 0.6 is 11.3 Å². The normalized spacial score (nSPS) is 12.0. The molecule has 0 saturated carbocycles. The molecule has 0 aliphatic heterocycles. The van der Waals surface area contributed by atoms with Gasteiger partial charge in [0.15, 0.2) is 16.5 Å². The molecule has 7 nitrogen and oxygen atoms in total. The van der Waals surface area contributed by atoms with E-state index in [4.69, 9.17) is 14.2 Å². The Bertz CT molecular complexity index is 1390. The third kappa shape index (κ3) is 3.19. The Balaban J connectivity index is 1.91. The number of hydrogen-bond acceptors (Lipinski definition) is 7. The van der Waals surface area contributed by atoms with Crippen molar-refractivity contribution in [3.8, 4) is 17.2 Å². The molecule has 0 saturated heterocycles. The van der Waals surface area contributed by atoms with Crippen molar-refractivity contribution in [3.05, 3.63) is 55.8 Å². The summed E-state index contributed by atoms with van der Waals surface area (Å²) in [5, 5.41) is 0. The molecular formula is C22H20N2O5S. The smallest absolute Gasteiger partial charge is 0.308 e. The Labute approximate surface area is 176 Å². The minimum absolute atomic E-state index is 0.136. The molecule has 0 N–H and O–H groups in total. The third-order valence-corrected chi connectivity index (χ3v) is 5.93. The van der Waals surface area contributed by atoms with E-state index < -0.39 is 5.97 Å². The maximum Gasteiger partial charge on any atom is 0.308 e. The van der Waals surface area contributed by atoms with Crippen molar-refractivity contribution >= 4 is 39.4 Å². The Hall–Kier alpha value is -3.39. The van der Waals surface area contributed by atoms with Crippen LogP contribution in [0.3, 0.4) is 0 Å². The Kier molecular flexibility index (Phi) is 4.95. The molecular weight excluding hydrogens is 404 g/mol. The molecule has 4 rings (SSSR count). The average molecular weight is 424 g/mol. The molecule has 0 radical (unpaired) electrons. The van der Waals surface area contributed by atoms with E-state index in [0.717, 1.165) is 22.2 Å². The van der Waals surface area contributed by atoms with E-state index in [1.54, 1.807) is 22.6 Å². The lowest BCUT2D eigenvalue weighted by atomic mass is 10.1. The number of rotatable bonds is 4. The monoisotopic (exact) mass is 424 g/mol. The summed E-state index contributed by atoms with van der Waals surface area (Å²) in [6, 6.07) is 7.30. The first-order chi connectivity index (χ1) is 14.3. The summed E-state index contributed by atoms with van der Waals surface area (Å²) in [5.41, 5.74) is 4.40. The van der Waals surface area contributed by atoms with Crippen molar-refractivity contribution in [1.29, 1.82) is 0 Å². The second kappa shape index (κ2) is 7.46. The summed E-state index contributed by atoms with van der Waals surface area (Å²) in [6.45, 7) is 5.34. The number of ether oxygens (including phenoxy) is 3. The predicted octanol–water partition coefficient (Wildman–Crippen LogP) is 3.02. The van der Waals surface area contributed by atoms with Crippen LogP contribution in [-0.2, 0) is 4.79 Å². The first-order valence-corrected chi connectivity index (χ1v) is 10.0. The summed E-state index contributed by atoms with van der Waals surface area (Å²) in [4.78, 5) is 29.8. The van der Waals surface area contributed by atoms with E-state index in [1.807, 2.05) is 26.0 Å². The first-order valence-electron chi connectivity index (χ1n) is 9.21. The lowest BCUT2D eigenvalue weighted by molar-refractivity contribution is -0.132. The van der Waals surface area contributed by atoms with Gasteiger partial charge in [-0.25, -0.2) is 9.38 Å². The molecule has 0 atom stereocenters. The maximum absolute atomic E-state index is 13.1. The van der Waals surface area contributed by atoms with Gasteiger partial charge in [0.2, 0.25) is 5.75 Å². The van der Waals surface area contributed by atoms with Crippen molar-refractivity contribution in [2.75, 3.05) is 14.2 Å². The molecule has 4 aromatic rings. The van der Waals surface area contributed by atoms with E-state index in [9.17, 15) is 9.59 Å². The number of benzene rings is 2. The van der Waals surface area contributed by atoms with Crippen LogP contribution in [0, 0.1) is 13.8 Å². The number of fused-ring (bicyclic) bond motifs is 3. The first kappa shape index (κ1) is 19.9. The lowest BCUT2D eigenvalue weighted by Gasteiger charge is -2.13. The number of thiazole rings is 1. The molecule has 8 heteroatoms. The highest BCUT2D eigenvalue weighted by atomic mass is 32.1. The van der Waals surface area contributed by atoms with Crippen molar-refractivity contribution in [2.24, 2.45) is 0 Å². The van der Waals surface area contributed by atoms with Crippen LogP contribution in [0.5, 0.6) is 17.2 Å². The molecule has 0 aliphatic carbocycles. The third-order valence-electron chi connectivity index (χ3n) is 4.96. The number of aryl methyl sites for hydroxylation is 2. The predicted molar refractivity (Wildman–Crippen MR) is 116 cm³/mol. The van der Waals surface area contributed by atoms with Gasteiger partial charge in [0.25, 0.3) is 5.56 Å². The minimum Gasteiger partial charge on any atom is -0.493 e. The Morgan fingerprint density at radius 1 is 1.13 bits per heavy atom. The van der Waals surface area contributed by atoms with Crippen LogP contribution in [0.4, 0.5) is 0 Å². The average Bonchev–Trinajstić information content (AvgIpc) is 3.22. The maximum atomic E-state index is 13.1. The molecule has 154 valence electrons. The zero-order valence-corrected chi connectivity index (χ0v) is 18.0. The Morgan fingerprint density at radius 2 is 1.80 bits per heavy atom. The molecule has 2 aromatic heterocycles. The summed E-state index contributed by atoms with van der Waals surface area (Å²) in [5.74, 6) is 0.383. The van der Waals surface area contributed by atoms with Crippen molar-refractivity contribution in [3.63, 3.8) is 0 Å². The topological polar surface area (TPSA) is 79.1 Å². The molecule has 0 bridgehead atoms. The molecule has 30 heavy (non-hydrogen) atoms. The van der Waals surface area contributed by atoms with Gasteiger partial charge in [-0.15, -0.1) is 0 Å². The van der Waals surface area contributed by atoms with Crippen LogP contribution in [-0.4, -0.2) is 29.6 Å². The molecule has 0 unspecified atom stereocenters. The number of hydrogen-bond donors (Lipinski definition) is 0.